The molecule has 10 rings (SSSR count). The van der Waals surface area contributed by atoms with Gasteiger partial charge in [0.1, 0.15) is 96.0 Å². The lowest BCUT2D eigenvalue weighted by Crippen LogP contribution is -2.34. The number of halogens is 1. The molecule has 10 aromatic rings. The summed E-state index contributed by atoms with van der Waals surface area (Å²) in [6.45, 7) is 36.6. The Labute approximate surface area is 620 Å². The van der Waals surface area contributed by atoms with Crippen LogP contribution in [0.15, 0.2) is 183 Å². The highest BCUT2D eigenvalue weighted by Crippen LogP contribution is 2.50. The smallest absolute Gasteiger partial charge is 0.259 e. The standard InChI is InChI=1S/C39H47N6O5P.C30H30N4O4.C9H18ClN2OP.CH4/c1-28(2)45(29(3)4)51(49-23-22-40-6)50-25-30(5)44-37(43-36-24-41-27-42-38(36)44)26-48-39(31-12-10-9-11-13-31,32-14-18-34(46-7)19-15-32)33-16-20-35(47-8)21-17-33;1-21(18-35)34-28(33-27-17-31-20-32-29(27)34)19-38-30(22-7-5-4-6-8-22,23-9-13-25(36-2)14-10-23)24-11-15-26(37-3)16-12-24;1-8(2)12(9(3)4)14(10)13-7-6-11-5;/h9-21,24,27-30H,22-23,25-26H2,1-5,7-8H3;4-17,20-21,35H,18-19H2,1-3H3;8-9H,6-7H2,1-4H3;1H4/t30-,51?;21-;;/m00../s1. The molecule has 0 amide bonds. The lowest BCUT2D eigenvalue weighted by Gasteiger charge is -2.36. The Balaban J connectivity index is 0.000000250. The predicted molar refractivity (Wildman–Crippen MR) is 413 cm³/mol. The second-order valence-electron chi connectivity index (χ2n) is 25.1. The van der Waals surface area contributed by atoms with Gasteiger partial charge in [-0.15, -0.1) is 0 Å². The van der Waals surface area contributed by atoms with E-state index in [1.54, 1.807) is 40.8 Å². The zero-order valence-electron chi connectivity index (χ0n) is 61.2. The number of hydrogen-bond donors (Lipinski definition) is 1. The first-order valence-electron chi connectivity index (χ1n) is 34.1. The van der Waals surface area contributed by atoms with Crippen LogP contribution in [0.5, 0.6) is 23.0 Å². The van der Waals surface area contributed by atoms with E-state index in [2.05, 4.69) is 130 Å². The van der Waals surface area contributed by atoms with Crippen LogP contribution in [0.2, 0.25) is 0 Å². The van der Waals surface area contributed by atoms with Crippen molar-refractivity contribution < 1.29 is 47.1 Å². The Morgan fingerprint density at radius 3 is 1.13 bits per heavy atom. The van der Waals surface area contributed by atoms with Crippen LogP contribution >= 0.6 is 27.4 Å². The molecule has 6 aromatic carbocycles. The van der Waals surface area contributed by atoms with Crippen molar-refractivity contribution in [3.63, 3.8) is 0 Å². The number of hydrogen-bond acceptors (Lipinski definition) is 18. The molecule has 1 N–H and O–H groups in total. The van der Waals surface area contributed by atoms with Gasteiger partial charge in [-0.1, -0.05) is 117 Å². The van der Waals surface area contributed by atoms with Gasteiger partial charge in [-0.3, -0.25) is 0 Å². The van der Waals surface area contributed by atoms with Crippen LogP contribution in [-0.4, -0.2) is 146 Å². The molecule has 2 unspecified atom stereocenters. The molecule has 4 atom stereocenters. The highest BCUT2D eigenvalue weighted by molar-refractivity contribution is 7.78. The van der Waals surface area contributed by atoms with E-state index in [-0.39, 0.29) is 58.0 Å². The molecule has 22 nitrogen and oxygen atoms in total. The maximum absolute atomic E-state index is 9.99. The first-order valence-corrected chi connectivity index (χ1v) is 37.4. The molecule has 552 valence electrons. The molecule has 25 heteroatoms. The predicted octanol–water partition coefficient (Wildman–Crippen LogP) is 17.3. The van der Waals surface area contributed by atoms with E-state index in [4.69, 9.17) is 76.3 Å². The second kappa shape index (κ2) is 40.6. The summed E-state index contributed by atoms with van der Waals surface area (Å²) in [6.07, 6.45) is 6.40. The lowest BCUT2D eigenvalue weighted by atomic mass is 9.80. The zero-order chi connectivity index (χ0) is 74.1. The number of aliphatic hydroxyl groups excluding tert-OH is 1. The Morgan fingerprint density at radius 2 is 0.808 bits per heavy atom. The van der Waals surface area contributed by atoms with E-state index in [0.29, 0.717) is 72.4 Å². The number of rotatable bonds is 34. The maximum atomic E-state index is 9.99. The monoisotopic (exact) mass is 1470 g/mol. The van der Waals surface area contributed by atoms with Crippen LogP contribution in [0.4, 0.5) is 0 Å². The van der Waals surface area contributed by atoms with Crippen molar-refractivity contribution in [3.05, 3.63) is 251 Å². The van der Waals surface area contributed by atoms with Gasteiger partial charge in [0.05, 0.1) is 66.1 Å². The highest BCUT2D eigenvalue weighted by Gasteiger charge is 2.41. The minimum atomic E-state index is -1.43. The van der Waals surface area contributed by atoms with Crippen molar-refractivity contribution in [2.24, 2.45) is 0 Å². The lowest BCUT2D eigenvalue weighted by molar-refractivity contribution is -0.00518. The van der Waals surface area contributed by atoms with E-state index in [1.807, 2.05) is 145 Å². The average Bonchev–Trinajstić information content (AvgIpc) is 0.790. The number of aliphatic hydroxyl groups is 1. The Hall–Kier alpha value is -8.57. The molecule has 0 radical (unpaired) electrons. The van der Waals surface area contributed by atoms with E-state index in [1.165, 1.54) is 12.7 Å². The molecule has 0 aliphatic rings. The van der Waals surface area contributed by atoms with Gasteiger partial charge in [0.2, 0.25) is 20.7 Å². The third-order valence-corrected chi connectivity index (χ3v) is 21.5. The normalized spacial score (nSPS) is 12.8. The summed E-state index contributed by atoms with van der Waals surface area (Å²) < 4.78 is 62.6. The molecule has 4 aromatic heterocycles. The molecule has 0 bridgehead atoms. The topological polar surface area (TPSA) is 206 Å². The Morgan fingerprint density at radius 1 is 0.471 bits per heavy atom. The number of fused-ring (bicyclic) bond motifs is 2. The van der Waals surface area contributed by atoms with Crippen molar-refractivity contribution in [2.45, 2.75) is 137 Å². The van der Waals surface area contributed by atoms with Gasteiger partial charge in [0.25, 0.3) is 8.53 Å². The van der Waals surface area contributed by atoms with Gasteiger partial charge in [-0.05, 0) is 162 Å². The highest BCUT2D eigenvalue weighted by atomic mass is 35.7. The fraction of sp³-hybridized carbons (Fsp3) is 0.392. The SMILES string of the molecule is C.COc1ccc(C(OCc2nc3cncnc3n2[C@@H](C)CO)(c2ccccc2)c2ccc(OC)cc2)cc1.[C-]#[N+]CCOP(Cl)N(C(C)C)C(C)C.[C-]#[N+]CCOP(OC[C@H](C)n1c(COC(c2ccccc2)(c2ccc(OC)cc2)c2ccc(OC)cc2)nc2cncnc21)N(C(C)C)C(C)C. The van der Waals surface area contributed by atoms with Crippen LogP contribution in [0.3, 0.4) is 0 Å². The number of benzene rings is 6. The minimum Gasteiger partial charge on any atom is -0.497 e. The van der Waals surface area contributed by atoms with Gasteiger partial charge >= 0.3 is 0 Å². The summed E-state index contributed by atoms with van der Waals surface area (Å²) in [6, 6.07) is 52.6. The molecule has 0 aliphatic heterocycles. The molecule has 104 heavy (non-hydrogen) atoms. The number of aromatic nitrogens is 8. The summed E-state index contributed by atoms with van der Waals surface area (Å²) in [5, 5.41) is 9.99. The van der Waals surface area contributed by atoms with Crippen LogP contribution < -0.4 is 18.9 Å². The molecule has 0 aliphatic carbocycles. The summed E-state index contributed by atoms with van der Waals surface area (Å²) in [4.78, 5) is 33.9. The Kier molecular flexibility index (Phi) is 32.3. The molecular weight excluding hydrogens is 1370 g/mol. The van der Waals surface area contributed by atoms with Gasteiger partial charge in [0, 0.05) is 24.2 Å². The number of ether oxygens (including phenoxy) is 6. The van der Waals surface area contributed by atoms with Gasteiger partial charge in [-0.25, -0.2) is 52.4 Å². The van der Waals surface area contributed by atoms with Gasteiger partial charge in [0.15, 0.2) is 11.3 Å². The Bertz CT molecular complexity index is 4150. The second-order valence-corrected chi connectivity index (χ2v) is 28.5. The quantitative estimate of drug-likeness (QED) is 0.0172. The molecule has 0 spiro atoms. The largest absolute Gasteiger partial charge is 0.497 e. The number of methoxy groups -OCH3 is 4. The summed E-state index contributed by atoms with van der Waals surface area (Å²) >= 11 is 6.14. The van der Waals surface area contributed by atoms with E-state index in [9.17, 15) is 5.11 Å². The summed E-state index contributed by atoms with van der Waals surface area (Å²) in [5.41, 5.74) is 6.20. The summed E-state index contributed by atoms with van der Waals surface area (Å²) in [5.74, 6) is 4.31. The van der Waals surface area contributed by atoms with Crippen molar-refractivity contribution in [1.29, 1.82) is 0 Å². The number of imidazole rings is 2. The number of nitrogens with zero attached hydrogens (tertiary/aromatic N) is 12. The third kappa shape index (κ3) is 20.3. The molecular formula is C79H99ClN12O10P2. The first-order chi connectivity index (χ1) is 49.8. The van der Waals surface area contributed by atoms with Gasteiger partial charge < -0.3 is 65.9 Å². The van der Waals surface area contributed by atoms with Crippen LogP contribution in [0.25, 0.3) is 32.0 Å². The molecule has 0 saturated carbocycles. The van der Waals surface area contributed by atoms with Crippen molar-refractivity contribution in [2.75, 3.05) is 68.0 Å². The fourth-order valence-electron chi connectivity index (χ4n) is 12.2. The van der Waals surface area contributed by atoms with Crippen LogP contribution in [0, 0.1) is 13.1 Å². The van der Waals surface area contributed by atoms with Crippen molar-refractivity contribution in [1.82, 2.24) is 48.4 Å². The third-order valence-electron chi connectivity index (χ3n) is 16.9. The molecule has 0 saturated heterocycles. The molecule has 0 fully saturated rings. The van der Waals surface area contributed by atoms with E-state index >= 15 is 0 Å². The molecule has 4 heterocycles. The maximum Gasteiger partial charge on any atom is 0.259 e. The summed E-state index contributed by atoms with van der Waals surface area (Å²) in [7, 11) is 4.11. The minimum absolute atomic E-state index is 0. The average molecular weight is 1470 g/mol. The van der Waals surface area contributed by atoms with Crippen molar-refractivity contribution >= 4 is 49.7 Å². The van der Waals surface area contributed by atoms with Crippen molar-refractivity contribution in [3.8, 4) is 23.0 Å². The van der Waals surface area contributed by atoms with Crippen LogP contribution in [0.1, 0.15) is 134 Å². The van der Waals surface area contributed by atoms with E-state index in [0.717, 1.165) is 56.4 Å². The zero-order valence-corrected chi connectivity index (χ0v) is 63.7. The van der Waals surface area contributed by atoms with Crippen LogP contribution in [-0.2, 0) is 47.5 Å². The van der Waals surface area contributed by atoms with E-state index < -0.39 is 27.4 Å². The fourth-order valence-corrected chi connectivity index (χ4v) is 16.3. The first kappa shape index (κ1) is 82.7. The van der Waals surface area contributed by atoms with Gasteiger partial charge in [-0.2, -0.15) is 0 Å².